The van der Waals surface area contributed by atoms with E-state index in [9.17, 15) is 0 Å². The zero-order chi connectivity index (χ0) is 8.27. The highest BCUT2D eigenvalue weighted by Crippen LogP contribution is 2.09. The summed E-state index contributed by atoms with van der Waals surface area (Å²) < 4.78 is 1.44. The predicted octanol–water partition coefficient (Wildman–Crippen LogP) is 2.16. The lowest BCUT2D eigenvalue weighted by molar-refractivity contribution is -0.566. The topological polar surface area (TPSA) is 39.8 Å². The van der Waals surface area contributed by atoms with Crippen LogP contribution in [-0.4, -0.2) is 15.7 Å². The van der Waals surface area contributed by atoms with E-state index >= 15 is 0 Å². The zero-order valence-corrected chi connectivity index (χ0v) is 6.78. The number of hydrogen-bond acceptors (Lipinski definition) is 2. The average molecular weight is 150 g/mol. The summed E-state index contributed by atoms with van der Waals surface area (Å²) in [5.41, 5.74) is 8.40. The minimum absolute atomic E-state index is 0.194. The maximum atomic E-state index is 7.56. The second-order valence-electron chi connectivity index (χ2n) is 2.67. The van der Waals surface area contributed by atoms with Crippen LogP contribution >= 0.6 is 0 Å². The first-order chi connectivity index (χ1) is 5.22. The van der Waals surface area contributed by atoms with Crippen molar-refractivity contribution in [2.75, 3.05) is 0 Å². The smallest absolute Gasteiger partial charge is 0.249 e. The van der Waals surface area contributed by atoms with Gasteiger partial charge in [-0.2, -0.15) is 0 Å². The van der Waals surface area contributed by atoms with Crippen molar-refractivity contribution in [1.29, 1.82) is 5.53 Å². The third-order valence-electron chi connectivity index (χ3n) is 1.44. The molecule has 1 aromatic heterocycles. The second kappa shape index (κ2) is 3.23. The molecule has 0 atom stereocenters. The summed E-state index contributed by atoms with van der Waals surface area (Å²) in [7, 11) is 0. The Hall–Kier alpha value is -1.25. The van der Waals surface area contributed by atoms with Crippen molar-refractivity contribution in [2.24, 2.45) is 0 Å². The Kier molecular flexibility index (Phi) is 2.31. The third kappa shape index (κ3) is 1.83. The van der Waals surface area contributed by atoms with Crippen LogP contribution in [-0.2, 0) is 0 Å². The lowest BCUT2D eigenvalue weighted by Crippen LogP contribution is -2.10. The number of pyridine rings is 1. The summed E-state index contributed by atoms with van der Waals surface area (Å²) in [4.78, 5) is 3.93. The van der Waals surface area contributed by atoms with Crippen molar-refractivity contribution in [2.45, 2.75) is 19.9 Å². The van der Waals surface area contributed by atoms with Gasteiger partial charge in [0.2, 0.25) is 5.69 Å². The van der Waals surface area contributed by atoms with Gasteiger partial charge in [-0.15, -0.1) is 0 Å². The normalized spacial score (nSPS) is 10.1. The molecule has 1 aromatic rings. The molecule has 0 saturated carbocycles. The fourth-order valence-corrected chi connectivity index (χ4v) is 0.794. The van der Waals surface area contributed by atoms with Crippen molar-refractivity contribution >= 4 is 5.69 Å². The highest BCUT2D eigenvalue weighted by atomic mass is 15.2. The standard InChI is InChI=1S/C8H12N3/c1-7(2)11(9)8-4-3-5-10-6-8/h3-7,9H,1-2H3/q+1. The van der Waals surface area contributed by atoms with Crippen LogP contribution in [0.1, 0.15) is 13.8 Å². The Bertz CT molecular complexity index is 241. The molecule has 0 aromatic carbocycles. The molecule has 0 spiro atoms. The number of rotatable bonds is 2. The Labute approximate surface area is 66.2 Å². The zero-order valence-electron chi connectivity index (χ0n) is 6.78. The highest BCUT2D eigenvalue weighted by molar-refractivity contribution is 5.23. The first-order valence-corrected chi connectivity index (χ1v) is 3.62. The van der Waals surface area contributed by atoms with Crippen LogP contribution < -0.4 is 0 Å². The molecule has 0 bridgehead atoms. The molecule has 0 aliphatic carbocycles. The van der Waals surface area contributed by atoms with Crippen LogP contribution in [0.2, 0.25) is 0 Å². The lowest BCUT2D eigenvalue weighted by Gasteiger charge is -1.98. The van der Waals surface area contributed by atoms with Gasteiger partial charge >= 0.3 is 0 Å². The maximum absolute atomic E-state index is 7.56. The van der Waals surface area contributed by atoms with Gasteiger partial charge in [-0.05, 0) is 19.9 Å². The van der Waals surface area contributed by atoms with E-state index in [1.165, 1.54) is 4.70 Å². The summed E-state index contributed by atoms with van der Waals surface area (Å²) in [6.07, 6.45) is 3.39. The molecule has 0 radical (unpaired) electrons. The minimum Gasteiger partial charge on any atom is -0.258 e. The number of hydrogen-bond donors (Lipinski definition) is 1. The molecule has 1 N–H and O–H groups in total. The number of nitrogens with zero attached hydrogens (tertiary/aromatic N) is 2. The van der Waals surface area contributed by atoms with Gasteiger partial charge in [0.25, 0.3) is 0 Å². The Morgan fingerprint density at radius 1 is 1.55 bits per heavy atom. The van der Waals surface area contributed by atoms with E-state index < -0.39 is 0 Å². The van der Waals surface area contributed by atoms with Gasteiger partial charge in [0, 0.05) is 12.3 Å². The lowest BCUT2D eigenvalue weighted by atomic mass is 10.3. The van der Waals surface area contributed by atoms with Gasteiger partial charge < -0.3 is 0 Å². The van der Waals surface area contributed by atoms with E-state index in [2.05, 4.69) is 4.98 Å². The monoisotopic (exact) mass is 150 g/mol. The predicted molar refractivity (Wildman–Crippen MR) is 42.0 cm³/mol. The third-order valence-corrected chi connectivity index (χ3v) is 1.44. The Morgan fingerprint density at radius 3 is 2.73 bits per heavy atom. The molecular formula is C8H12N3+. The molecule has 0 unspecified atom stereocenters. The molecule has 11 heavy (non-hydrogen) atoms. The van der Waals surface area contributed by atoms with Crippen molar-refractivity contribution < 1.29 is 4.70 Å². The van der Waals surface area contributed by atoms with Gasteiger partial charge in [0.1, 0.15) is 6.20 Å². The first-order valence-electron chi connectivity index (χ1n) is 3.62. The van der Waals surface area contributed by atoms with Gasteiger partial charge in [-0.3, -0.25) is 4.98 Å². The molecule has 1 heterocycles. The molecular weight excluding hydrogens is 138 g/mol. The molecule has 0 amide bonds. The summed E-state index contributed by atoms with van der Waals surface area (Å²) in [5, 5.41) is 0. The van der Waals surface area contributed by atoms with E-state index in [-0.39, 0.29) is 6.04 Å². The Balaban J connectivity index is 2.86. The molecule has 58 valence electrons. The van der Waals surface area contributed by atoms with Crippen LogP contribution in [0.15, 0.2) is 24.5 Å². The van der Waals surface area contributed by atoms with Crippen molar-refractivity contribution in [3.05, 3.63) is 24.5 Å². The first kappa shape index (κ1) is 7.85. The largest absolute Gasteiger partial charge is 0.258 e. The van der Waals surface area contributed by atoms with Crippen LogP contribution in [0.25, 0.3) is 0 Å². The van der Waals surface area contributed by atoms with Crippen LogP contribution in [0.5, 0.6) is 0 Å². The van der Waals surface area contributed by atoms with E-state index in [1.54, 1.807) is 12.4 Å². The summed E-state index contributed by atoms with van der Waals surface area (Å²) in [6, 6.07) is 3.90. The minimum atomic E-state index is 0.194. The average Bonchev–Trinajstić information content (AvgIpc) is 2.05. The highest BCUT2D eigenvalue weighted by Gasteiger charge is 2.12. The van der Waals surface area contributed by atoms with Gasteiger partial charge in [0.05, 0.1) is 0 Å². The van der Waals surface area contributed by atoms with Gasteiger partial charge in [0.15, 0.2) is 6.04 Å². The van der Waals surface area contributed by atoms with Gasteiger partial charge in [-0.25, -0.2) is 0 Å². The van der Waals surface area contributed by atoms with Crippen molar-refractivity contribution in [3.8, 4) is 0 Å². The van der Waals surface area contributed by atoms with E-state index in [0.29, 0.717) is 0 Å². The van der Waals surface area contributed by atoms with Crippen LogP contribution in [0.3, 0.4) is 0 Å². The number of aromatic nitrogens is 1. The van der Waals surface area contributed by atoms with Gasteiger partial charge in [-0.1, -0.05) is 10.2 Å². The fourth-order valence-electron chi connectivity index (χ4n) is 0.794. The van der Waals surface area contributed by atoms with Crippen molar-refractivity contribution in [3.63, 3.8) is 0 Å². The molecule has 1 rings (SSSR count). The second-order valence-corrected chi connectivity index (χ2v) is 2.67. The molecule has 0 aliphatic heterocycles. The maximum Gasteiger partial charge on any atom is 0.249 e. The van der Waals surface area contributed by atoms with Crippen molar-refractivity contribution in [1.82, 2.24) is 4.98 Å². The van der Waals surface area contributed by atoms with E-state index in [1.807, 2.05) is 26.0 Å². The summed E-state index contributed by atoms with van der Waals surface area (Å²) in [6.45, 7) is 3.94. The number of nitrogens with one attached hydrogen (secondary N) is 1. The summed E-state index contributed by atoms with van der Waals surface area (Å²) >= 11 is 0. The Morgan fingerprint density at radius 2 is 2.27 bits per heavy atom. The van der Waals surface area contributed by atoms with Crippen LogP contribution in [0.4, 0.5) is 5.69 Å². The molecule has 3 nitrogen and oxygen atoms in total. The molecule has 0 aliphatic rings. The van der Waals surface area contributed by atoms with Crippen LogP contribution in [0, 0.1) is 5.53 Å². The van der Waals surface area contributed by atoms with E-state index in [0.717, 1.165) is 5.69 Å². The quantitative estimate of drug-likeness (QED) is 0.509. The summed E-state index contributed by atoms with van der Waals surface area (Å²) in [5.74, 6) is 0. The molecule has 0 saturated heterocycles. The molecule has 0 fully saturated rings. The SMILES string of the molecule is CC(C)[N+](=N)c1cccnc1. The molecule has 3 heteroatoms. The van der Waals surface area contributed by atoms with E-state index in [4.69, 9.17) is 5.53 Å². The fraction of sp³-hybridized carbons (Fsp3) is 0.375.